The van der Waals surface area contributed by atoms with Gasteiger partial charge in [-0.2, -0.15) is 0 Å². The molecular weight excluding hydrogens is 435 g/mol. The van der Waals surface area contributed by atoms with Gasteiger partial charge in [0.2, 0.25) is 0 Å². The first-order chi connectivity index (χ1) is 15.6. The van der Waals surface area contributed by atoms with Crippen molar-refractivity contribution in [1.29, 1.82) is 0 Å². The Balaban J connectivity index is 1.86. The fourth-order valence-corrected chi connectivity index (χ4v) is 10.3. The molecule has 1 heterocycles. The van der Waals surface area contributed by atoms with Crippen molar-refractivity contribution in [3.05, 3.63) is 131 Å². The maximum atomic E-state index is 12.9. The van der Waals surface area contributed by atoms with Crippen LogP contribution in [0, 0.1) is 0 Å². The molecule has 0 amide bonds. The number of aromatic nitrogens is 2. The number of fused-ring (bicyclic) bond motifs is 1. The van der Waals surface area contributed by atoms with E-state index in [2.05, 4.69) is 41.4 Å². The van der Waals surface area contributed by atoms with Gasteiger partial charge < -0.3 is 0 Å². The third-order valence-corrected chi connectivity index (χ3v) is 13.1. The number of hydrogen-bond donors (Lipinski definition) is 1. The molecule has 0 radical (unpaired) electrons. The van der Waals surface area contributed by atoms with Crippen LogP contribution in [0.2, 0.25) is 0 Å². The number of halogens is 1. The van der Waals surface area contributed by atoms with Crippen molar-refractivity contribution in [2.45, 2.75) is 6.16 Å². The molecule has 0 atom stereocenters. The normalized spacial score (nSPS) is 12.8. The van der Waals surface area contributed by atoms with Crippen LogP contribution in [-0.2, 0) is 6.16 Å². The Morgan fingerprint density at radius 2 is 1.09 bits per heavy atom. The van der Waals surface area contributed by atoms with E-state index in [1.54, 1.807) is 6.07 Å². The molecule has 0 saturated heterocycles. The van der Waals surface area contributed by atoms with Gasteiger partial charge in [-0.3, -0.25) is 0 Å². The number of benzene rings is 4. The summed E-state index contributed by atoms with van der Waals surface area (Å²) in [6.07, 6.45) is 0.394. The molecule has 0 saturated carbocycles. The number of H-pyrrole nitrogens is 1. The maximum absolute atomic E-state index is 12.9. The van der Waals surface area contributed by atoms with Crippen molar-refractivity contribution in [3.8, 4) is 0 Å². The SMILES string of the molecule is O=c1[nH]c(CP(Cl)(c2ccccc2)(c2ccccc2)c2ccccc2)nc2ccccc12. The molecule has 5 rings (SSSR count). The zero-order chi connectivity index (χ0) is 22.0. The van der Waals surface area contributed by atoms with Crippen LogP contribution in [0.4, 0.5) is 0 Å². The summed E-state index contributed by atoms with van der Waals surface area (Å²) >= 11 is 8.08. The Morgan fingerprint density at radius 1 is 0.656 bits per heavy atom. The number of aromatic amines is 1. The molecule has 0 aliphatic heterocycles. The van der Waals surface area contributed by atoms with Gasteiger partial charge in [0.25, 0.3) is 0 Å². The van der Waals surface area contributed by atoms with Gasteiger partial charge in [0, 0.05) is 0 Å². The van der Waals surface area contributed by atoms with Gasteiger partial charge in [-0.15, -0.1) is 0 Å². The fraction of sp³-hybridized carbons (Fsp3) is 0.0370. The first-order valence-corrected chi connectivity index (χ1v) is 13.8. The zero-order valence-electron chi connectivity index (χ0n) is 17.4. The molecular formula is C27H22ClN2OP. The number of nitrogens with one attached hydrogen (secondary N) is 1. The zero-order valence-corrected chi connectivity index (χ0v) is 19.0. The van der Waals surface area contributed by atoms with Crippen LogP contribution < -0.4 is 21.5 Å². The van der Waals surface area contributed by atoms with Gasteiger partial charge >= 0.3 is 192 Å². The number of hydrogen-bond acceptors (Lipinski definition) is 2. The Kier molecular flexibility index (Phi) is 5.17. The Hall–Kier alpha value is -3.26. The summed E-state index contributed by atoms with van der Waals surface area (Å²) in [7, 11) is 0. The first kappa shape index (κ1) is 20.6. The van der Waals surface area contributed by atoms with Crippen molar-refractivity contribution < 1.29 is 0 Å². The van der Waals surface area contributed by atoms with Crippen LogP contribution in [0.25, 0.3) is 10.9 Å². The standard InChI is InChI=1S/C27H22ClN2OP/c28-32(21-12-4-1-5-13-21,22-14-6-2-7-15-22,23-16-8-3-9-17-23)20-26-29-25-19-11-10-18-24(25)27(31)30-26/h1-19H,20H2,(H,29,30,31). The Morgan fingerprint density at radius 3 is 1.59 bits per heavy atom. The van der Waals surface area contributed by atoms with Crippen molar-refractivity contribution >= 4 is 44.0 Å². The average Bonchev–Trinajstić information content (AvgIpc) is 2.86. The van der Waals surface area contributed by atoms with E-state index in [1.165, 1.54) is 0 Å². The average molecular weight is 457 g/mol. The molecule has 32 heavy (non-hydrogen) atoms. The monoisotopic (exact) mass is 456 g/mol. The van der Waals surface area contributed by atoms with Gasteiger partial charge in [0.05, 0.1) is 0 Å². The molecule has 0 aliphatic rings. The fourth-order valence-electron chi connectivity index (χ4n) is 4.43. The second-order valence-corrected chi connectivity index (χ2v) is 14.3. The Bertz CT molecular complexity index is 1340. The van der Waals surface area contributed by atoms with Crippen LogP contribution in [0.1, 0.15) is 5.82 Å². The molecule has 0 spiro atoms. The molecule has 1 aromatic heterocycles. The molecule has 5 aromatic rings. The summed E-state index contributed by atoms with van der Waals surface area (Å²) in [4.78, 5) is 20.7. The Labute approximate surface area is 191 Å². The van der Waals surface area contributed by atoms with E-state index in [9.17, 15) is 4.79 Å². The predicted octanol–water partition coefficient (Wildman–Crippen LogP) is 5.11. The number of rotatable bonds is 5. The molecule has 4 aromatic carbocycles. The number of nitrogens with zero attached hydrogens (tertiary/aromatic N) is 1. The molecule has 0 fully saturated rings. The van der Waals surface area contributed by atoms with Gasteiger partial charge in [0.1, 0.15) is 0 Å². The van der Waals surface area contributed by atoms with Crippen LogP contribution in [-0.4, -0.2) is 9.97 Å². The number of para-hydroxylation sites is 1. The van der Waals surface area contributed by atoms with E-state index in [1.807, 2.05) is 72.8 Å². The van der Waals surface area contributed by atoms with E-state index in [4.69, 9.17) is 16.2 Å². The summed E-state index contributed by atoms with van der Waals surface area (Å²) in [6.45, 7) is 0. The summed E-state index contributed by atoms with van der Waals surface area (Å²) in [6, 6.07) is 38.0. The van der Waals surface area contributed by atoms with Crippen LogP contribution in [0.5, 0.6) is 0 Å². The molecule has 5 heteroatoms. The summed E-state index contributed by atoms with van der Waals surface area (Å²) in [5.74, 6) is -2.97. The molecule has 1 N–H and O–H groups in total. The van der Waals surface area contributed by atoms with E-state index in [0.29, 0.717) is 22.9 Å². The second-order valence-electron chi connectivity index (χ2n) is 7.88. The van der Waals surface area contributed by atoms with Crippen molar-refractivity contribution in [3.63, 3.8) is 0 Å². The van der Waals surface area contributed by atoms with E-state index < -0.39 is 5.96 Å². The first-order valence-electron chi connectivity index (χ1n) is 10.5. The third kappa shape index (κ3) is 3.26. The molecule has 0 unspecified atom stereocenters. The van der Waals surface area contributed by atoms with Crippen LogP contribution in [0.15, 0.2) is 120 Å². The van der Waals surface area contributed by atoms with E-state index >= 15 is 0 Å². The van der Waals surface area contributed by atoms with Crippen LogP contribution >= 0.6 is 17.2 Å². The van der Waals surface area contributed by atoms with Crippen molar-refractivity contribution in [1.82, 2.24) is 9.97 Å². The topological polar surface area (TPSA) is 45.8 Å². The van der Waals surface area contributed by atoms with Crippen molar-refractivity contribution in [2.24, 2.45) is 0 Å². The third-order valence-electron chi connectivity index (χ3n) is 5.99. The summed E-state index contributed by atoms with van der Waals surface area (Å²) < 4.78 is 0. The predicted molar refractivity (Wildman–Crippen MR) is 137 cm³/mol. The van der Waals surface area contributed by atoms with E-state index in [0.717, 1.165) is 15.9 Å². The molecule has 0 bridgehead atoms. The van der Waals surface area contributed by atoms with Crippen molar-refractivity contribution in [2.75, 3.05) is 0 Å². The minimum atomic E-state index is -3.56. The molecule has 158 valence electrons. The minimum absolute atomic E-state index is 0.151. The summed E-state index contributed by atoms with van der Waals surface area (Å²) in [5, 5.41) is 3.68. The quantitative estimate of drug-likeness (QED) is 0.374. The van der Waals surface area contributed by atoms with Gasteiger partial charge in [0.15, 0.2) is 0 Å². The molecule has 3 nitrogen and oxygen atoms in total. The second kappa shape index (κ2) is 8.02. The van der Waals surface area contributed by atoms with E-state index in [-0.39, 0.29) is 5.56 Å². The van der Waals surface area contributed by atoms with Gasteiger partial charge in [-0.1, -0.05) is 0 Å². The van der Waals surface area contributed by atoms with Crippen LogP contribution in [0.3, 0.4) is 0 Å². The molecule has 0 aliphatic carbocycles. The summed E-state index contributed by atoms with van der Waals surface area (Å²) in [5.41, 5.74) is 0.517. The van der Waals surface area contributed by atoms with Gasteiger partial charge in [-0.05, 0) is 0 Å². The van der Waals surface area contributed by atoms with Gasteiger partial charge in [-0.25, -0.2) is 0 Å².